The number of pyridine rings is 1. The summed E-state index contributed by atoms with van der Waals surface area (Å²) in [5.41, 5.74) is 0.712. The number of nitrogens with zero attached hydrogens (tertiary/aromatic N) is 2. The van der Waals surface area contributed by atoms with Gasteiger partial charge in [0.05, 0.1) is 0 Å². The highest BCUT2D eigenvalue weighted by molar-refractivity contribution is 5.94. The Morgan fingerprint density at radius 1 is 1.15 bits per heavy atom. The molecule has 1 aromatic heterocycles. The fraction of sp³-hybridized carbons (Fsp3) is 0.250. The molecule has 2 heterocycles. The number of rotatable bonds is 3. The van der Waals surface area contributed by atoms with Crippen molar-refractivity contribution < 1.29 is 4.79 Å². The largest absolute Gasteiger partial charge is 0.354 e. The minimum atomic E-state index is -0.00142. The topological polar surface area (TPSA) is 45.2 Å². The number of aromatic nitrogens is 1. The SMILES string of the molecule is O=C(N[C@H]1CCN(c2ccccn2)C1)c1ccccc1. The predicted octanol–water partition coefficient (Wildman–Crippen LogP) is 2.09. The molecule has 0 bridgehead atoms. The van der Waals surface area contributed by atoms with E-state index >= 15 is 0 Å². The van der Waals surface area contributed by atoms with Crippen LogP contribution in [0.25, 0.3) is 0 Å². The van der Waals surface area contributed by atoms with Crippen molar-refractivity contribution in [3.05, 3.63) is 60.3 Å². The summed E-state index contributed by atoms with van der Waals surface area (Å²) in [7, 11) is 0. The molecule has 1 fully saturated rings. The van der Waals surface area contributed by atoms with Gasteiger partial charge in [0, 0.05) is 30.9 Å². The van der Waals surface area contributed by atoms with Crippen LogP contribution in [0.1, 0.15) is 16.8 Å². The summed E-state index contributed by atoms with van der Waals surface area (Å²) in [6.07, 6.45) is 2.75. The Morgan fingerprint density at radius 2 is 1.95 bits per heavy atom. The monoisotopic (exact) mass is 267 g/mol. The van der Waals surface area contributed by atoms with Gasteiger partial charge in [0.1, 0.15) is 5.82 Å². The molecule has 102 valence electrons. The molecule has 1 amide bonds. The normalized spacial score (nSPS) is 18.0. The Kier molecular flexibility index (Phi) is 3.63. The second kappa shape index (κ2) is 5.74. The lowest BCUT2D eigenvalue weighted by atomic mass is 10.2. The third kappa shape index (κ3) is 2.79. The molecule has 1 aromatic carbocycles. The lowest BCUT2D eigenvalue weighted by Crippen LogP contribution is -2.37. The molecule has 1 saturated heterocycles. The molecule has 3 rings (SSSR count). The van der Waals surface area contributed by atoms with Crippen molar-refractivity contribution >= 4 is 11.7 Å². The summed E-state index contributed by atoms with van der Waals surface area (Å²) in [6.45, 7) is 1.74. The maximum Gasteiger partial charge on any atom is 0.251 e. The number of carbonyl (C=O) groups excluding carboxylic acids is 1. The Balaban J connectivity index is 1.60. The highest BCUT2D eigenvalue weighted by atomic mass is 16.1. The molecule has 0 unspecified atom stereocenters. The fourth-order valence-electron chi connectivity index (χ4n) is 2.49. The van der Waals surface area contributed by atoms with Crippen molar-refractivity contribution in [3.8, 4) is 0 Å². The predicted molar refractivity (Wildman–Crippen MR) is 78.8 cm³/mol. The van der Waals surface area contributed by atoms with Gasteiger partial charge in [-0.2, -0.15) is 0 Å². The van der Waals surface area contributed by atoms with Crippen molar-refractivity contribution in [2.45, 2.75) is 12.5 Å². The van der Waals surface area contributed by atoms with Gasteiger partial charge >= 0.3 is 0 Å². The summed E-state index contributed by atoms with van der Waals surface area (Å²) in [6, 6.07) is 15.4. The van der Waals surface area contributed by atoms with Crippen molar-refractivity contribution in [2.75, 3.05) is 18.0 Å². The van der Waals surface area contributed by atoms with Gasteiger partial charge in [-0.05, 0) is 30.7 Å². The van der Waals surface area contributed by atoms with E-state index in [1.54, 1.807) is 6.20 Å². The third-order valence-electron chi connectivity index (χ3n) is 3.53. The molecule has 20 heavy (non-hydrogen) atoms. The first-order chi connectivity index (χ1) is 9.83. The minimum Gasteiger partial charge on any atom is -0.354 e. The van der Waals surface area contributed by atoms with Gasteiger partial charge in [-0.25, -0.2) is 4.98 Å². The van der Waals surface area contributed by atoms with Crippen LogP contribution in [0.5, 0.6) is 0 Å². The van der Waals surface area contributed by atoms with Crippen molar-refractivity contribution in [2.24, 2.45) is 0 Å². The minimum absolute atomic E-state index is 0.00142. The molecule has 0 saturated carbocycles. The third-order valence-corrected chi connectivity index (χ3v) is 3.53. The van der Waals surface area contributed by atoms with E-state index in [1.165, 1.54) is 0 Å². The quantitative estimate of drug-likeness (QED) is 0.926. The average Bonchev–Trinajstić information content (AvgIpc) is 2.97. The first kappa shape index (κ1) is 12.7. The summed E-state index contributed by atoms with van der Waals surface area (Å²) in [5.74, 6) is 0.974. The standard InChI is InChI=1S/C16H17N3O/c20-16(13-6-2-1-3-7-13)18-14-9-11-19(12-14)15-8-4-5-10-17-15/h1-8,10,14H,9,11-12H2,(H,18,20)/t14-/m0/s1. The van der Waals surface area contributed by atoms with E-state index in [0.717, 1.165) is 25.3 Å². The van der Waals surface area contributed by atoms with Crippen LogP contribution in [-0.2, 0) is 0 Å². The Morgan fingerprint density at radius 3 is 2.70 bits per heavy atom. The van der Waals surface area contributed by atoms with Crippen molar-refractivity contribution in [1.29, 1.82) is 0 Å². The zero-order valence-corrected chi connectivity index (χ0v) is 11.2. The first-order valence-corrected chi connectivity index (χ1v) is 6.85. The molecule has 4 nitrogen and oxygen atoms in total. The zero-order valence-electron chi connectivity index (χ0n) is 11.2. The number of hydrogen-bond donors (Lipinski definition) is 1. The molecule has 1 atom stereocenters. The van der Waals surface area contributed by atoms with E-state index in [1.807, 2.05) is 48.5 Å². The Bertz CT molecular complexity index is 571. The first-order valence-electron chi connectivity index (χ1n) is 6.85. The highest BCUT2D eigenvalue weighted by Crippen LogP contribution is 2.17. The molecule has 1 aliphatic heterocycles. The number of nitrogens with one attached hydrogen (secondary N) is 1. The van der Waals surface area contributed by atoms with E-state index in [4.69, 9.17) is 0 Å². The van der Waals surface area contributed by atoms with Gasteiger partial charge in [-0.15, -0.1) is 0 Å². The lowest BCUT2D eigenvalue weighted by molar-refractivity contribution is 0.0940. The van der Waals surface area contributed by atoms with Crippen LogP contribution >= 0.6 is 0 Å². The number of anilines is 1. The average molecular weight is 267 g/mol. The van der Waals surface area contributed by atoms with Gasteiger partial charge in [0.15, 0.2) is 0 Å². The summed E-state index contributed by atoms with van der Waals surface area (Å²) >= 11 is 0. The van der Waals surface area contributed by atoms with Gasteiger partial charge in [0.2, 0.25) is 0 Å². The molecule has 0 radical (unpaired) electrons. The van der Waals surface area contributed by atoms with Crippen LogP contribution in [-0.4, -0.2) is 30.0 Å². The number of benzene rings is 1. The van der Waals surface area contributed by atoms with Gasteiger partial charge < -0.3 is 10.2 Å². The van der Waals surface area contributed by atoms with Crippen LogP contribution in [0.3, 0.4) is 0 Å². The molecule has 2 aromatic rings. The highest BCUT2D eigenvalue weighted by Gasteiger charge is 2.24. The summed E-state index contributed by atoms with van der Waals surface area (Å²) < 4.78 is 0. The molecule has 0 aliphatic carbocycles. The Hall–Kier alpha value is -2.36. The lowest BCUT2D eigenvalue weighted by Gasteiger charge is -2.17. The Labute approximate surface area is 118 Å². The van der Waals surface area contributed by atoms with E-state index < -0.39 is 0 Å². The van der Waals surface area contributed by atoms with Crippen LogP contribution < -0.4 is 10.2 Å². The van der Waals surface area contributed by atoms with E-state index in [0.29, 0.717) is 5.56 Å². The van der Waals surface area contributed by atoms with Gasteiger partial charge in [-0.1, -0.05) is 24.3 Å². The van der Waals surface area contributed by atoms with Crippen LogP contribution in [0, 0.1) is 0 Å². The molecule has 4 heteroatoms. The zero-order chi connectivity index (χ0) is 13.8. The number of amides is 1. The summed E-state index contributed by atoms with van der Waals surface area (Å²) in [4.78, 5) is 18.6. The number of hydrogen-bond acceptors (Lipinski definition) is 3. The van der Waals surface area contributed by atoms with Gasteiger partial charge in [-0.3, -0.25) is 4.79 Å². The van der Waals surface area contributed by atoms with Crippen LogP contribution in [0.2, 0.25) is 0 Å². The maximum atomic E-state index is 12.1. The molecule has 1 N–H and O–H groups in total. The molecular weight excluding hydrogens is 250 g/mol. The van der Waals surface area contributed by atoms with E-state index in [9.17, 15) is 4.79 Å². The van der Waals surface area contributed by atoms with Crippen molar-refractivity contribution in [3.63, 3.8) is 0 Å². The maximum absolute atomic E-state index is 12.1. The second-order valence-electron chi connectivity index (χ2n) is 4.96. The number of carbonyl (C=O) groups is 1. The molecular formula is C16H17N3O. The fourth-order valence-corrected chi connectivity index (χ4v) is 2.49. The van der Waals surface area contributed by atoms with Gasteiger partial charge in [0.25, 0.3) is 5.91 Å². The van der Waals surface area contributed by atoms with Crippen LogP contribution in [0.4, 0.5) is 5.82 Å². The van der Waals surface area contributed by atoms with Crippen LogP contribution in [0.15, 0.2) is 54.7 Å². The van der Waals surface area contributed by atoms with E-state index in [-0.39, 0.29) is 11.9 Å². The molecule has 1 aliphatic rings. The van der Waals surface area contributed by atoms with Crippen molar-refractivity contribution in [1.82, 2.24) is 10.3 Å². The second-order valence-corrected chi connectivity index (χ2v) is 4.96. The van der Waals surface area contributed by atoms with E-state index in [2.05, 4.69) is 15.2 Å². The molecule has 0 spiro atoms. The smallest absolute Gasteiger partial charge is 0.251 e. The summed E-state index contributed by atoms with van der Waals surface area (Å²) in [5, 5.41) is 3.09.